The third-order valence-corrected chi connectivity index (χ3v) is 3.77. The van der Waals surface area contributed by atoms with Crippen LogP contribution in [0.25, 0.3) is 0 Å². The van der Waals surface area contributed by atoms with Gasteiger partial charge in [0, 0.05) is 13.2 Å². The van der Waals surface area contributed by atoms with Gasteiger partial charge in [0.05, 0.1) is 29.5 Å². The number of aliphatic hydroxyl groups is 1. The van der Waals surface area contributed by atoms with Crippen molar-refractivity contribution in [3.8, 4) is 0 Å². The van der Waals surface area contributed by atoms with E-state index in [4.69, 9.17) is 4.74 Å². The van der Waals surface area contributed by atoms with Crippen molar-refractivity contribution in [3.05, 3.63) is 51.8 Å². The van der Waals surface area contributed by atoms with Crippen molar-refractivity contribution in [2.75, 3.05) is 13.7 Å². The molecule has 0 saturated heterocycles. The smallest absolute Gasteiger partial charge is 0.130 e. The molecule has 1 atom stereocenters. The SMILES string of the molecule is COCCn1ncc(Br)c1C(C)(O)c1cc(F)cc(F)c1. The van der Waals surface area contributed by atoms with Gasteiger partial charge in [-0.05, 0) is 40.5 Å². The van der Waals surface area contributed by atoms with E-state index >= 15 is 0 Å². The largest absolute Gasteiger partial charge is 0.383 e. The van der Waals surface area contributed by atoms with Gasteiger partial charge < -0.3 is 9.84 Å². The minimum Gasteiger partial charge on any atom is -0.383 e. The first-order chi connectivity index (χ1) is 9.86. The fourth-order valence-corrected chi connectivity index (χ4v) is 2.85. The van der Waals surface area contributed by atoms with Crippen molar-refractivity contribution < 1.29 is 18.6 Å². The van der Waals surface area contributed by atoms with Crippen LogP contribution < -0.4 is 0 Å². The van der Waals surface area contributed by atoms with Gasteiger partial charge in [0.25, 0.3) is 0 Å². The van der Waals surface area contributed by atoms with Crippen LogP contribution in [0.15, 0.2) is 28.9 Å². The van der Waals surface area contributed by atoms with E-state index in [1.165, 1.54) is 17.8 Å². The zero-order chi connectivity index (χ0) is 15.6. The minimum atomic E-state index is -1.61. The molecule has 2 rings (SSSR count). The Morgan fingerprint density at radius 3 is 2.52 bits per heavy atom. The van der Waals surface area contributed by atoms with Crippen LogP contribution >= 0.6 is 15.9 Å². The Bertz CT molecular complexity index is 624. The van der Waals surface area contributed by atoms with Gasteiger partial charge in [-0.25, -0.2) is 8.78 Å². The Morgan fingerprint density at radius 1 is 1.33 bits per heavy atom. The number of benzene rings is 1. The summed E-state index contributed by atoms with van der Waals surface area (Å²) in [4.78, 5) is 0. The molecule has 0 radical (unpaired) electrons. The highest BCUT2D eigenvalue weighted by Crippen LogP contribution is 2.34. The molecule has 0 fully saturated rings. The Kier molecular flexibility index (Phi) is 4.75. The van der Waals surface area contributed by atoms with E-state index in [1.54, 1.807) is 7.11 Å². The summed E-state index contributed by atoms with van der Waals surface area (Å²) in [5.74, 6) is -1.49. The van der Waals surface area contributed by atoms with E-state index in [-0.39, 0.29) is 5.56 Å². The lowest BCUT2D eigenvalue weighted by atomic mass is 9.92. The molecule has 21 heavy (non-hydrogen) atoms. The normalized spacial score (nSPS) is 14.2. The molecule has 1 aromatic heterocycles. The highest BCUT2D eigenvalue weighted by atomic mass is 79.9. The molecule has 7 heteroatoms. The summed E-state index contributed by atoms with van der Waals surface area (Å²) in [6.45, 7) is 2.27. The standard InChI is InChI=1S/C14H15BrF2N2O2/c1-14(20,9-5-10(16)7-11(17)6-9)13-12(15)8-18-19(13)3-4-21-2/h5-8,20H,3-4H2,1-2H3. The van der Waals surface area contributed by atoms with Gasteiger partial charge in [0.1, 0.15) is 17.2 Å². The number of halogens is 3. The van der Waals surface area contributed by atoms with Crippen molar-refractivity contribution in [2.24, 2.45) is 0 Å². The van der Waals surface area contributed by atoms with E-state index < -0.39 is 17.2 Å². The molecule has 0 amide bonds. The summed E-state index contributed by atoms with van der Waals surface area (Å²) in [6, 6.07) is 2.96. The molecule has 0 aliphatic heterocycles. The summed E-state index contributed by atoms with van der Waals surface area (Å²) in [7, 11) is 1.55. The summed E-state index contributed by atoms with van der Waals surface area (Å²) in [6.07, 6.45) is 1.52. The van der Waals surface area contributed by atoms with Crippen LogP contribution in [0.1, 0.15) is 18.2 Å². The Labute approximate surface area is 129 Å². The summed E-state index contributed by atoms with van der Waals surface area (Å²) >= 11 is 3.31. The summed E-state index contributed by atoms with van der Waals surface area (Å²) < 4.78 is 33.9. The number of rotatable bonds is 5. The molecule has 0 saturated carbocycles. The molecular formula is C14H15BrF2N2O2. The van der Waals surface area contributed by atoms with Gasteiger partial charge in [-0.1, -0.05) is 0 Å². The first kappa shape index (κ1) is 16.1. The molecule has 1 N–H and O–H groups in total. The molecule has 1 heterocycles. The quantitative estimate of drug-likeness (QED) is 0.891. The summed E-state index contributed by atoms with van der Waals surface area (Å²) in [5, 5.41) is 14.9. The molecule has 4 nitrogen and oxygen atoms in total. The number of hydrogen-bond donors (Lipinski definition) is 1. The zero-order valence-corrected chi connectivity index (χ0v) is 13.2. The monoisotopic (exact) mass is 360 g/mol. The number of ether oxygens (including phenoxy) is 1. The Balaban J connectivity index is 2.50. The predicted octanol–water partition coefficient (Wildman–Crippen LogP) is 2.83. The maximum Gasteiger partial charge on any atom is 0.130 e. The second kappa shape index (κ2) is 6.21. The zero-order valence-electron chi connectivity index (χ0n) is 11.6. The van der Waals surface area contributed by atoms with Crippen LogP contribution in [-0.2, 0) is 16.9 Å². The third kappa shape index (κ3) is 3.30. The van der Waals surface area contributed by atoms with E-state index in [1.807, 2.05) is 0 Å². The maximum atomic E-state index is 13.4. The predicted molar refractivity (Wildman–Crippen MR) is 76.8 cm³/mol. The second-order valence-electron chi connectivity index (χ2n) is 4.79. The van der Waals surface area contributed by atoms with E-state index in [2.05, 4.69) is 21.0 Å². The first-order valence-electron chi connectivity index (χ1n) is 6.26. The molecular weight excluding hydrogens is 346 g/mol. The molecule has 0 spiro atoms. The van der Waals surface area contributed by atoms with Crippen LogP contribution in [0.3, 0.4) is 0 Å². The fourth-order valence-electron chi connectivity index (χ4n) is 2.17. The van der Waals surface area contributed by atoms with Gasteiger partial charge in [-0.15, -0.1) is 0 Å². The van der Waals surface area contributed by atoms with Crippen LogP contribution in [0.2, 0.25) is 0 Å². The number of aromatic nitrogens is 2. The van der Waals surface area contributed by atoms with Gasteiger partial charge >= 0.3 is 0 Å². The van der Waals surface area contributed by atoms with Crippen molar-refractivity contribution in [3.63, 3.8) is 0 Å². The molecule has 0 aliphatic rings. The van der Waals surface area contributed by atoms with Crippen molar-refractivity contribution in [1.82, 2.24) is 9.78 Å². The third-order valence-electron chi connectivity index (χ3n) is 3.19. The molecule has 0 bridgehead atoms. The van der Waals surface area contributed by atoms with Crippen LogP contribution in [0.5, 0.6) is 0 Å². The van der Waals surface area contributed by atoms with Gasteiger partial charge in [-0.3, -0.25) is 4.68 Å². The van der Waals surface area contributed by atoms with E-state index in [0.29, 0.717) is 23.3 Å². The first-order valence-corrected chi connectivity index (χ1v) is 7.05. The fraction of sp³-hybridized carbons (Fsp3) is 0.357. The van der Waals surface area contributed by atoms with Gasteiger partial charge in [0.15, 0.2) is 0 Å². The molecule has 114 valence electrons. The van der Waals surface area contributed by atoms with Crippen molar-refractivity contribution >= 4 is 15.9 Å². The van der Waals surface area contributed by atoms with Gasteiger partial charge in [-0.2, -0.15) is 5.10 Å². The minimum absolute atomic E-state index is 0.111. The highest BCUT2D eigenvalue weighted by Gasteiger charge is 2.33. The number of hydrogen-bond acceptors (Lipinski definition) is 3. The average molecular weight is 361 g/mol. The van der Waals surface area contributed by atoms with Crippen LogP contribution in [0, 0.1) is 11.6 Å². The molecule has 1 unspecified atom stereocenters. The summed E-state index contributed by atoms with van der Waals surface area (Å²) in [5.41, 5.74) is -1.09. The number of methoxy groups -OCH3 is 1. The highest BCUT2D eigenvalue weighted by molar-refractivity contribution is 9.10. The maximum absolute atomic E-state index is 13.4. The lowest BCUT2D eigenvalue weighted by molar-refractivity contribution is 0.0868. The molecule has 2 aromatic rings. The topological polar surface area (TPSA) is 47.3 Å². The lowest BCUT2D eigenvalue weighted by Gasteiger charge is -2.26. The Hall–Kier alpha value is -1.31. The van der Waals surface area contributed by atoms with Crippen molar-refractivity contribution in [2.45, 2.75) is 19.1 Å². The number of nitrogens with zero attached hydrogens (tertiary/aromatic N) is 2. The van der Waals surface area contributed by atoms with Crippen LogP contribution in [-0.4, -0.2) is 28.6 Å². The van der Waals surface area contributed by atoms with Gasteiger partial charge in [0.2, 0.25) is 0 Å². The molecule has 0 aliphatic carbocycles. The Morgan fingerprint density at radius 2 is 1.95 bits per heavy atom. The lowest BCUT2D eigenvalue weighted by Crippen LogP contribution is -2.28. The second-order valence-corrected chi connectivity index (χ2v) is 5.64. The van der Waals surface area contributed by atoms with Crippen LogP contribution in [0.4, 0.5) is 8.78 Å². The molecule has 1 aromatic carbocycles. The van der Waals surface area contributed by atoms with Crippen molar-refractivity contribution in [1.29, 1.82) is 0 Å². The average Bonchev–Trinajstić information content (AvgIpc) is 2.77. The van der Waals surface area contributed by atoms with E-state index in [0.717, 1.165) is 18.2 Å². The van der Waals surface area contributed by atoms with E-state index in [9.17, 15) is 13.9 Å².